The number of imide groups is 1. The van der Waals surface area contributed by atoms with Crippen LogP contribution in [-0.2, 0) is 4.79 Å². The maximum absolute atomic E-state index is 12.6. The van der Waals surface area contributed by atoms with Crippen LogP contribution in [0.25, 0.3) is 6.08 Å². The van der Waals surface area contributed by atoms with Gasteiger partial charge in [0.05, 0.1) is 12.1 Å². The summed E-state index contributed by atoms with van der Waals surface area (Å²) in [5.41, 5.74) is 0.762. The van der Waals surface area contributed by atoms with Crippen molar-refractivity contribution < 1.29 is 19.4 Å². The maximum atomic E-state index is 12.6. The molecule has 1 saturated carbocycles. The van der Waals surface area contributed by atoms with Crippen molar-refractivity contribution in [2.24, 2.45) is 0 Å². The molecule has 7 heteroatoms. The van der Waals surface area contributed by atoms with Crippen LogP contribution in [0.4, 0.5) is 4.79 Å². The molecule has 0 atom stereocenters. The molecule has 1 saturated heterocycles. The van der Waals surface area contributed by atoms with Crippen LogP contribution in [0, 0.1) is 0 Å². The summed E-state index contributed by atoms with van der Waals surface area (Å²) in [5, 5.41) is 12.5. The molecule has 1 aliphatic heterocycles. The Labute approximate surface area is 145 Å². The zero-order chi connectivity index (χ0) is 17.3. The Morgan fingerprint density at radius 3 is 2.67 bits per heavy atom. The molecular weight excluding hydrogens is 332 g/mol. The van der Waals surface area contributed by atoms with Gasteiger partial charge in [-0.25, -0.2) is 4.79 Å². The van der Waals surface area contributed by atoms with Crippen LogP contribution in [0.2, 0.25) is 5.02 Å². The summed E-state index contributed by atoms with van der Waals surface area (Å²) in [4.78, 5) is 26.1. The van der Waals surface area contributed by atoms with E-state index in [-0.39, 0.29) is 40.2 Å². The second-order valence-corrected chi connectivity index (χ2v) is 6.42. The largest absolute Gasteiger partial charge is 0.503 e. The Hall–Kier alpha value is -2.21. The first kappa shape index (κ1) is 16.6. The lowest BCUT2D eigenvalue weighted by Crippen LogP contribution is -2.41. The molecule has 0 aromatic heterocycles. The molecule has 2 N–H and O–H groups in total. The van der Waals surface area contributed by atoms with Crippen LogP contribution < -0.4 is 10.1 Å². The highest BCUT2D eigenvalue weighted by molar-refractivity contribution is 6.32. The fraction of sp³-hybridized carbons (Fsp3) is 0.412. The van der Waals surface area contributed by atoms with E-state index < -0.39 is 0 Å². The average molecular weight is 351 g/mol. The van der Waals surface area contributed by atoms with Crippen LogP contribution in [0.15, 0.2) is 17.8 Å². The SMILES string of the molecule is COc1cc(/C=C2\NC(=O)N(C3CCCCC3)C2=O)cc(Cl)c1O. The Morgan fingerprint density at radius 2 is 2.00 bits per heavy atom. The second-order valence-electron chi connectivity index (χ2n) is 6.01. The van der Waals surface area contributed by atoms with Crippen LogP contribution in [-0.4, -0.2) is 35.1 Å². The summed E-state index contributed by atoms with van der Waals surface area (Å²) in [6, 6.07) is 2.65. The number of hydrogen-bond donors (Lipinski definition) is 2. The molecule has 1 heterocycles. The standard InChI is InChI=1S/C17H19ClN2O4/c1-24-14-9-10(7-12(18)15(14)21)8-13-16(22)20(17(23)19-13)11-5-3-2-4-6-11/h7-9,11,21H,2-6H2,1H3,(H,19,23)/b13-8-. The molecule has 1 aromatic carbocycles. The van der Waals surface area contributed by atoms with E-state index >= 15 is 0 Å². The first-order valence-corrected chi connectivity index (χ1v) is 8.32. The molecule has 128 valence electrons. The van der Waals surface area contributed by atoms with Gasteiger partial charge in [-0.2, -0.15) is 0 Å². The minimum Gasteiger partial charge on any atom is -0.503 e. The number of urea groups is 1. The molecule has 0 spiro atoms. The first-order chi connectivity index (χ1) is 11.5. The third kappa shape index (κ3) is 3.06. The Kier molecular flexibility index (Phi) is 4.66. The van der Waals surface area contributed by atoms with Crippen molar-refractivity contribution in [1.29, 1.82) is 0 Å². The van der Waals surface area contributed by atoms with Crippen molar-refractivity contribution in [3.05, 3.63) is 28.4 Å². The van der Waals surface area contributed by atoms with E-state index in [4.69, 9.17) is 16.3 Å². The summed E-state index contributed by atoms with van der Waals surface area (Å²) in [6.07, 6.45) is 6.46. The number of amides is 3. The maximum Gasteiger partial charge on any atom is 0.329 e. The van der Waals surface area contributed by atoms with E-state index in [0.29, 0.717) is 5.56 Å². The number of halogens is 1. The smallest absolute Gasteiger partial charge is 0.329 e. The fourth-order valence-corrected chi connectivity index (χ4v) is 3.44. The molecule has 0 bridgehead atoms. The Bertz CT molecular complexity index is 711. The first-order valence-electron chi connectivity index (χ1n) is 7.94. The Balaban J connectivity index is 1.87. The number of methoxy groups -OCH3 is 1. The highest BCUT2D eigenvalue weighted by atomic mass is 35.5. The van der Waals surface area contributed by atoms with Gasteiger partial charge in [-0.3, -0.25) is 9.69 Å². The number of ether oxygens (including phenoxy) is 1. The van der Waals surface area contributed by atoms with Gasteiger partial charge in [-0.05, 0) is 36.6 Å². The lowest BCUT2D eigenvalue weighted by Gasteiger charge is -2.28. The summed E-state index contributed by atoms with van der Waals surface area (Å²) in [5.74, 6) is -0.280. The normalized spacial score (nSPS) is 20.6. The molecule has 1 aromatic rings. The predicted octanol–water partition coefficient (Wildman–Crippen LogP) is 3.28. The monoisotopic (exact) mass is 350 g/mol. The summed E-state index contributed by atoms with van der Waals surface area (Å²) >= 11 is 5.96. The number of rotatable bonds is 3. The summed E-state index contributed by atoms with van der Waals surface area (Å²) < 4.78 is 5.05. The molecule has 3 amide bonds. The third-order valence-electron chi connectivity index (χ3n) is 4.43. The number of benzene rings is 1. The van der Waals surface area contributed by atoms with Crippen molar-refractivity contribution in [3.63, 3.8) is 0 Å². The molecule has 1 aliphatic carbocycles. The van der Waals surface area contributed by atoms with E-state index in [1.165, 1.54) is 24.2 Å². The van der Waals surface area contributed by atoms with Crippen LogP contribution in [0.1, 0.15) is 37.7 Å². The summed E-state index contributed by atoms with van der Waals surface area (Å²) in [6.45, 7) is 0. The van der Waals surface area contributed by atoms with Gasteiger partial charge < -0.3 is 15.2 Å². The number of nitrogens with zero attached hydrogens (tertiary/aromatic N) is 1. The molecule has 6 nitrogen and oxygen atoms in total. The number of hydrogen-bond acceptors (Lipinski definition) is 4. The average Bonchev–Trinajstić information content (AvgIpc) is 2.85. The van der Waals surface area contributed by atoms with Gasteiger partial charge >= 0.3 is 6.03 Å². The number of carbonyl (C=O) groups is 2. The van der Waals surface area contributed by atoms with Gasteiger partial charge in [0.2, 0.25) is 0 Å². The van der Waals surface area contributed by atoms with E-state index in [2.05, 4.69) is 5.32 Å². The molecule has 2 aliphatic rings. The molecule has 3 rings (SSSR count). The van der Waals surface area contributed by atoms with Crippen LogP contribution in [0.3, 0.4) is 0 Å². The highest BCUT2D eigenvalue weighted by Crippen LogP contribution is 2.36. The predicted molar refractivity (Wildman–Crippen MR) is 89.9 cm³/mol. The van der Waals surface area contributed by atoms with E-state index in [0.717, 1.165) is 32.1 Å². The number of phenolic OH excluding ortho intramolecular Hbond substituents is 1. The zero-order valence-corrected chi connectivity index (χ0v) is 14.1. The molecule has 0 unspecified atom stereocenters. The van der Waals surface area contributed by atoms with Crippen LogP contribution in [0.5, 0.6) is 11.5 Å². The topological polar surface area (TPSA) is 78.9 Å². The van der Waals surface area contributed by atoms with Crippen molar-refractivity contribution in [1.82, 2.24) is 10.2 Å². The van der Waals surface area contributed by atoms with E-state index in [1.54, 1.807) is 6.07 Å². The van der Waals surface area contributed by atoms with Crippen molar-refractivity contribution in [3.8, 4) is 11.5 Å². The molecule has 0 radical (unpaired) electrons. The second kappa shape index (κ2) is 6.73. The lowest BCUT2D eigenvalue weighted by atomic mass is 9.94. The van der Waals surface area contributed by atoms with Gasteiger partial charge in [-0.1, -0.05) is 30.9 Å². The van der Waals surface area contributed by atoms with Gasteiger partial charge in [0.15, 0.2) is 11.5 Å². The minimum atomic E-state index is -0.380. The quantitative estimate of drug-likeness (QED) is 0.647. The van der Waals surface area contributed by atoms with Crippen molar-refractivity contribution in [2.45, 2.75) is 38.1 Å². The van der Waals surface area contributed by atoms with E-state index in [1.807, 2.05) is 0 Å². The van der Waals surface area contributed by atoms with Gasteiger partial charge in [0.25, 0.3) is 5.91 Å². The van der Waals surface area contributed by atoms with Crippen molar-refractivity contribution >= 4 is 29.6 Å². The van der Waals surface area contributed by atoms with Crippen molar-refractivity contribution in [2.75, 3.05) is 7.11 Å². The molecular formula is C17H19ClN2O4. The zero-order valence-electron chi connectivity index (χ0n) is 13.3. The minimum absolute atomic E-state index is 0.0323. The highest BCUT2D eigenvalue weighted by Gasteiger charge is 2.38. The number of aromatic hydroxyl groups is 1. The number of carbonyl (C=O) groups excluding carboxylic acids is 2. The van der Waals surface area contributed by atoms with Gasteiger partial charge in [0.1, 0.15) is 5.70 Å². The lowest BCUT2D eigenvalue weighted by molar-refractivity contribution is -0.124. The molecule has 2 fully saturated rings. The number of nitrogens with one attached hydrogen (secondary N) is 1. The van der Waals surface area contributed by atoms with E-state index in [9.17, 15) is 14.7 Å². The Morgan fingerprint density at radius 1 is 1.29 bits per heavy atom. The van der Waals surface area contributed by atoms with Crippen LogP contribution >= 0.6 is 11.6 Å². The summed E-state index contributed by atoms with van der Waals surface area (Å²) in [7, 11) is 1.41. The van der Waals surface area contributed by atoms with Gasteiger partial charge in [-0.15, -0.1) is 0 Å². The number of phenols is 1. The van der Waals surface area contributed by atoms with Gasteiger partial charge in [0, 0.05) is 6.04 Å². The fourth-order valence-electron chi connectivity index (χ4n) is 3.22. The molecule has 24 heavy (non-hydrogen) atoms. The third-order valence-corrected chi connectivity index (χ3v) is 4.72.